The lowest BCUT2D eigenvalue weighted by molar-refractivity contribution is 0.154. The lowest BCUT2D eigenvalue weighted by atomic mass is 10.5. The molecule has 0 amide bonds. The lowest BCUT2D eigenvalue weighted by Gasteiger charge is -2.11. The lowest BCUT2D eigenvalue weighted by Crippen LogP contribution is -2.38. The minimum Gasteiger partial charge on any atom is -0.379 e. The van der Waals surface area contributed by atoms with E-state index in [1.54, 1.807) is 18.4 Å². The van der Waals surface area contributed by atoms with Crippen LogP contribution in [-0.4, -0.2) is 72.3 Å². The van der Waals surface area contributed by atoms with Gasteiger partial charge in [-0.15, -0.1) is 11.3 Å². The fourth-order valence-electron chi connectivity index (χ4n) is 1.53. The highest BCUT2D eigenvalue weighted by molar-refractivity contribution is 7.90. The summed E-state index contributed by atoms with van der Waals surface area (Å²) in [7, 11) is 2.64. The van der Waals surface area contributed by atoms with Crippen molar-refractivity contribution in [1.29, 1.82) is 0 Å². The highest BCUT2D eigenvalue weighted by Gasteiger charge is 2.05. The number of ether oxygens (including phenoxy) is 1. The van der Waals surface area contributed by atoms with Gasteiger partial charge in [0.2, 0.25) is 0 Å². The molecule has 0 spiro atoms. The Balaban J connectivity index is 2.21. The minimum absolute atomic E-state index is 0.0397. The molecule has 23 heavy (non-hydrogen) atoms. The average molecular weight is 364 g/mol. The zero-order valence-corrected chi connectivity index (χ0v) is 15.6. The smallest absolute Gasteiger partial charge is 0.191 e. The topological polar surface area (TPSA) is 95.9 Å². The molecule has 0 fully saturated rings. The van der Waals surface area contributed by atoms with Crippen LogP contribution in [0.25, 0.3) is 0 Å². The molecule has 0 saturated carbocycles. The molecule has 0 aliphatic heterocycles. The van der Waals surface area contributed by atoms with E-state index in [2.05, 4.69) is 20.6 Å². The molecule has 0 aliphatic carbocycles. The quantitative estimate of drug-likeness (QED) is 0.360. The third-order valence-corrected chi connectivity index (χ3v) is 4.69. The number of aliphatic imine (C=N–C) groups is 1. The van der Waals surface area contributed by atoms with Crippen LogP contribution in [0.2, 0.25) is 0 Å². The third kappa shape index (κ3) is 8.72. The summed E-state index contributed by atoms with van der Waals surface area (Å²) in [6, 6.07) is 0. The van der Waals surface area contributed by atoms with Crippen LogP contribution in [0.1, 0.15) is 5.69 Å². The number of thiazole rings is 1. The monoisotopic (exact) mass is 363 g/mol. The summed E-state index contributed by atoms with van der Waals surface area (Å²) < 4.78 is 27.2. The number of sulfone groups is 1. The van der Waals surface area contributed by atoms with Crippen molar-refractivity contribution in [3.05, 3.63) is 11.1 Å². The Hall–Kier alpha value is -1.39. The molecule has 0 radical (unpaired) electrons. The molecule has 1 aromatic rings. The number of hydrogen-bond acceptors (Lipinski definition) is 7. The van der Waals surface area contributed by atoms with Crippen molar-refractivity contribution in [2.75, 3.05) is 57.8 Å². The van der Waals surface area contributed by atoms with E-state index in [1.165, 1.54) is 6.26 Å². The van der Waals surface area contributed by atoms with Crippen LogP contribution in [0.3, 0.4) is 0 Å². The van der Waals surface area contributed by atoms with E-state index in [9.17, 15) is 8.42 Å². The average Bonchev–Trinajstić information content (AvgIpc) is 2.93. The fraction of sp³-hybridized carbons (Fsp3) is 0.692. The van der Waals surface area contributed by atoms with Crippen LogP contribution in [0, 0.1) is 0 Å². The summed E-state index contributed by atoms with van der Waals surface area (Å²) in [5.74, 6) is 0.689. The van der Waals surface area contributed by atoms with Gasteiger partial charge in [0.25, 0.3) is 0 Å². The highest BCUT2D eigenvalue weighted by Crippen LogP contribution is 2.17. The van der Waals surface area contributed by atoms with Gasteiger partial charge in [0.15, 0.2) is 11.1 Å². The van der Waals surface area contributed by atoms with Gasteiger partial charge in [0, 0.05) is 39.3 Å². The Kier molecular flexibility index (Phi) is 8.28. The maximum Gasteiger partial charge on any atom is 0.191 e. The summed E-state index contributed by atoms with van der Waals surface area (Å²) in [4.78, 5) is 10.6. The second kappa shape index (κ2) is 9.68. The van der Waals surface area contributed by atoms with Gasteiger partial charge in [-0.1, -0.05) is 0 Å². The molecular weight excluding hydrogens is 338 g/mol. The van der Waals surface area contributed by atoms with Crippen LogP contribution in [0.15, 0.2) is 10.4 Å². The van der Waals surface area contributed by atoms with E-state index >= 15 is 0 Å². The molecule has 10 heteroatoms. The van der Waals surface area contributed by atoms with E-state index in [0.717, 1.165) is 10.8 Å². The predicted molar refractivity (Wildman–Crippen MR) is 95.2 cm³/mol. The van der Waals surface area contributed by atoms with Gasteiger partial charge in [0.05, 0.1) is 31.2 Å². The molecular formula is C13H25N5O3S2. The van der Waals surface area contributed by atoms with Crippen LogP contribution in [-0.2, 0) is 21.1 Å². The summed E-state index contributed by atoms with van der Waals surface area (Å²) in [5, 5.41) is 9.23. The van der Waals surface area contributed by atoms with Crippen molar-refractivity contribution < 1.29 is 13.2 Å². The van der Waals surface area contributed by atoms with Crippen molar-refractivity contribution in [2.24, 2.45) is 4.99 Å². The minimum atomic E-state index is -2.97. The summed E-state index contributed by atoms with van der Waals surface area (Å²) in [5.41, 5.74) is 0.950. The number of nitrogens with zero attached hydrogens (tertiary/aromatic N) is 3. The van der Waals surface area contributed by atoms with Crippen molar-refractivity contribution >= 4 is 32.3 Å². The summed E-state index contributed by atoms with van der Waals surface area (Å²) >= 11 is 1.59. The van der Waals surface area contributed by atoms with Gasteiger partial charge in [-0.05, 0) is 0 Å². The van der Waals surface area contributed by atoms with Crippen LogP contribution >= 0.6 is 11.3 Å². The number of nitrogens with one attached hydrogen (secondary N) is 2. The fourth-order valence-corrected chi connectivity index (χ4v) is 2.71. The molecule has 1 heterocycles. The Labute approximate surface area is 141 Å². The molecule has 0 aliphatic rings. The molecule has 0 unspecified atom stereocenters. The van der Waals surface area contributed by atoms with Gasteiger partial charge >= 0.3 is 0 Å². The molecule has 1 aromatic heterocycles. The van der Waals surface area contributed by atoms with Crippen molar-refractivity contribution in [3.63, 3.8) is 0 Å². The standard InChI is InChI=1S/C13H25N5O3S2/c1-14-12(15-5-6-21-7-8-23(4,19)20)16-9-11-10-22-13(17-11)18(2)3/h10H,5-9H2,1-4H3,(H2,14,15,16). The number of anilines is 1. The summed E-state index contributed by atoms with van der Waals surface area (Å²) in [6.07, 6.45) is 1.20. The maximum atomic E-state index is 10.9. The van der Waals surface area contributed by atoms with Crippen LogP contribution in [0.5, 0.6) is 0 Å². The Morgan fingerprint density at radius 3 is 2.70 bits per heavy atom. The SMILES string of the molecule is CN=C(NCCOCCS(C)(=O)=O)NCc1csc(N(C)C)n1. The first kappa shape index (κ1) is 19.7. The third-order valence-electron chi connectivity index (χ3n) is 2.72. The molecule has 132 valence electrons. The van der Waals surface area contributed by atoms with Crippen molar-refractivity contribution in [2.45, 2.75) is 6.54 Å². The molecule has 8 nitrogen and oxygen atoms in total. The van der Waals surface area contributed by atoms with E-state index in [1.807, 2.05) is 24.4 Å². The van der Waals surface area contributed by atoms with Gasteiger partial charge in [0.1, 0.15) is 9.84 Å². The Morgan fingerprint density at radius 2 is 2.13 bits per heavy atom. The number of hydrogen-bond donors (Lipinski definition) is 2. The Bertz CT molecular complexity index is 599. The number of rotatable bonds is 9. The molecule has 0 saturated heterocycles. The first-order valence-electron chi connectivity index (χ1n) is 7.13. The van der Waals surface area contributed by atoms with Gasteiger partial charge in [-0.2, -0.15) is 0 Å². The predicted octanol–water partition coefficient (Wildman–Crippen LogP) is -0.0647. The van der Waals surface area contributed by atoms with Gasteiger partial charge in [-0.25, -0.2) is 13.4 Å². The number of guanidine groups is 1. The van der Waals surface area contributed by atoms with E-state index in [4.69, 9.17) is 4.74 Å². The molecule has 0 aromatic carbocycles. The van der Waals surface area contributed by atoms with E-state index in [-0.39, 0.29) is 12.4 Å². The highest BCUT2D eigenvalue weighted by atomic mass is 32.2. The van der Waals surface area contributed by atoms with Gasteiger partial charge in [-0.3, -0.25) is 4.99 Å². The second-order valence-electron chi connectivity index (χ2n) is 5.11. The zero-order valence-electron chi connectivity index (χ0n) is 14.0. The largest absolute Gasteiger partial charge is 0.379 e. The van der Waals surface area contributed by atoms with Crippen molar-refractivity contribution in [3.8, 4) is 0 Å². The maximum absolute atomic E-state index is 10.9. The van der Waals surface area contributed by atoms with E-state index < -0.39 is 9.84 Å². The molecule has 0 atom stereocenters. The number of aromatic nitrogens is 1. The van der Waals surface area contributed by atoms with Crippen LogP contribution in [0.4, 0.5) is 5.13 Å². The van der Waals surface area contributed by atoms with Gasteiger partial charge < -0.3 is 20.3 Å². The first-order valence-corrected chi connectivity index (χ1v) is 10.1. The Morgan fingerprint density at radius 1 is 1.39 bits per heavy atom. The first-order chi connectivity index (χ1) is 10.8. The summed E-state index contributed by atoms with van der Waals surface area (Å²) in [6.45, 7) is 1.75. The van der Waals surface area contributed by atoms with Crippen LogP contribution < -0.4 is 15.5 Å². The zero-order chi connectivity index (χ0) is 17.3. The second-order valence-corrected chi connectivity index (χ2v) is 8.21. The normalized spacial score (nSPS) is 12.3. The molecule has 2 N–H and O–H groups in total. The molecule has 0 bridgehead atoms. The molecule has 1 rings (SSSR count). The van der Waals surface area contributed by atoms with Crippen molar-refractivity contribution in [1.82, 2.24) is 15.6 Å². The van der Waals surface area contributed by atoms with E-state index in [0.29, 0.717) is 25.7 Å².